The van der Waals surface area contributed by atoms with E-state index < -0.39 is 12.1 Å². The number of nitrogens with one attached hydrogen (secondary N) is 1. The zero-order valence-electron chi connectivity index (χ0n) is 17.8. The fourth-order valence-corrected chi connectivity index (χ4v) is 4.13. The molecule has 6 nitrogen and oxygen atoms in total. The molecule has 2 aromatic rings. The van der Waals surface area contributed by atoms with E-state index in [9.17, 15) is 9.59 Å². The molecule has 1 aliphatic carbocycles. The number of esters is 1. The molecule has 1 saturated heterocycles. The average Bonchev–Trinajstić information content (AvgIpc) is 3.32. The summed E-state index contributed by atoms with van der Waals surface area (Å²) in [7, 11) is 0. The van der Waals surface area contributed by atoms with Gasteiger partial charge >= 0.3 is 5.97 Å². The van der Waals surface area contributed by atoms with Gasteiger partial charge in [0.1, 0.15) is 12.4 Å². The zero-order chi connectivity index (χ0) is 21.6. The van der Waals surface area contributed by atoms with E-state index in [1.165, 1.54) is 5.56 Å². The molecule has 0 aromatic heterocycles. The van der Waals surface area contributed by atoms with Crippen LogP contribution in [-0.2, 0) is 20.7 Å². The highest BCUT2D eigenvalue weighted by Crippen LogP contribution is 2.29. The molecule has 0 saturated carbocycles. The van der Waals surface area contributed by atoms with Crippen LogP contribution in [0.3, 0.4) is 0 Å². The van der Waals surface area contributed by atoms with Gasteiger partial charge in [-0.1, -0.05) is 24.3 Å². The van der Waals surface area contributed by atoms with Gasteiger partial charge in [0.2, 0.25) is 0 Å². The molecule has 0 spiro atoms. The van der Waals surface area contributed by atoms with Crippen LogP contribution in [0.1, 0.15) is 60.1 Å². The minimum atomic E-state index is -0.878. The van der Waals surface area contributed by atoms with Crippen LogP contribution in [0.25, 0.3) is 0 Å². The molecule has 0 bridgehead atoms. The van der Waals surface area contributed by atoms with Crippen LogP contribution in [0.15, 0.2) is 48.5 Å². The number of benzene rings is 2. The summed E-state index contributed by atoms with van der Waals surface area (Å²) in [6.45, 7) is 2.89. The molecule has 1 amide bonds. The highest BCUT2D eigenvalue weighted by atomic mass is 16.5. The Balaban J connectivity index is 1.28. The number of amides is 1. The van der Waals surface area contributed by atoms with Crippen molar-refractivity contribution in [3.05, 3.63) is 65.2 Å². The van der Waals surface area contributed by atoms with Crippen LogP contribution in [0.5, 0.6) is 5.75 Å². The largest absolute Gasteiger partial charge is 0.491 e. The van der Waals surface area contributed by atoms with E-state index >= 15 is 0 Å². The number of rotatable bonds is 7. The first-order valence-corrected chi connectivity index (χ1v) is 11.0. The Hall–Kier alpha value is -2.86. The maximum Gasteiger partial charge on any atom is 0.338 e. The lowest BCUT2D eigenvalue weighted by atomic mass is 9.87. The number of hydrogen-bond acceptors (Lipinski definition) is 5. The zero-order valence-corrected chi connectivity index (χ0v) is 17.8. The van der Waals surface area contributed by atoms with Gasteiger partial charge in [-0.25, -0.2) is 4.79 Å². The van der Waals surface area contributed by atoms with Crippen molar-refractivity contribution in [1.82, 2.24) is 5.32 Å². The topological polar surface area (TPSA) is 73.9 Å². The van der Waals surface area contributed by atoms with Crippen molar-refractivity contribution in [2.24, 2.45) is 0 Å². The van der Waals surface area contributed by atoms with E-state index in [-0.39, 0.29) is 18.1 Å². The highest BCUT2D eigenvalue weighted by Gasteiger charge is 2.25. The van der Waals surface area contributed by atoms with Crippen molar-refractivity contribution in [1.29, 1.82) is 0 Å². The predicted octanol–water partition coefficient (Wildman–Crippen LogP) is 3.98. The Labute approximate surface area is 182 Å². The summed E-state index contributed by atoms with van der Waals surface area (Å²) in [4.78, 5) is 25.1. The van der Waals surface area contributed by atoms with Crippen LogP contribution in [0.2, 0.25) is 0 Å². The normalized spacial score (nSPS) is 21.1. The van der Waals surface area contributed by atoms with Gasteiger partial charge in [-0.2, -0.15) is 0 Å². The van der Waals surface area contributed by atoms with Crippen LogP contribution in [0, 0.1) is 0 Å². The highest BCUT2D eigenvalue weighted by molar-refractivity contribution is 5.92. The SMILES string of the molecule is C[C@H](OC(=O)c1ccc(OC[C@@H]2CCCO2)cc1)C(=O)N[C@@H]1CCCc2ccccc21. The van der Waals surface area contributed by atoms with Crippen molar-refractivity contribution in [2.45, 2.75) is 57.3 Å². The summed E-state index contributed by atoms with van der Waals surface area (Å²) < 4.78 is 16.7. The van der Waals surface area contributed by atoms with Crippen molar-refractivity contribution in [3.63, 3.8) is 0 Å². The van der Waals surface area contributed by atoms with Crippen LogP contribution >= 0.6 is 0 Å². The summed E-state index contributed by atoms with van der Waals surface area (Å²) in [5.74, 6) is -0.141. The van der Waals surface area contributed by atoms with Crippen LogP contribution in [-0.4, -0.2) is 37.3 Å². The molecular formula is C25H29NO5. The van der Waals surface area contributed by atoms with Crippen molar-refractivity contribution < 1.29 is 23.8 Å². The molecule has 1 fully saturated rings. The third kappa shape index (κ3) is 5.44. The number of carbonyl (C=O) groups excluding carboxylic acids is 2. The number of hydrogen-bond donors (Lipinski definition) is 1. The molecular weight excluding hydrogens is 394 g/mol. The maximum absolute atomic E-state index is 12.6. The van der Waals surface area contributed by atoms with Gasteiger partial charge in [0, 0.05) is 6.61 Å². The molecule has 0 radical (unpaired) electrons. The number of fused-ring (bicyclic) bond motifs is 1. The van der Waals surface area contributed by atoms with E-state index in [0.29, 0.717) is 17.9 Å². The molecule has 164 valence electrons. The molecule has 6 heteroatoms. The third-order valence-corrected chi connectivity index (χ3v) is 5.89. The average molecular weight is 424 g/mol. The minimum Gasteiger partial charge on any atom is -0.491 e. The van der Waals surface area contributed by atoms with Crippen molar-refractivity contribution in [2.75, 3.05) is 13.2 Å². The number of aryl methyl sites for hydroxylation is 1. The second kappa shape index (κ2) is 9.96. The Kier molecular flexibility index (Phi) is 6.87. The van der Waals surface area contributed by atoms with Gasteiger partial charge < -0.3 is 19.5 Å². The van der Waals surface area contributed by atoms with Gasteiger partial charge in [0.25, 0.3) is 5.91 Å². The Morgan fingerprint density at radius 3 is 2.68 bits per heavy atom. The fourth-order valence-electron chi connectivity index (χ4n) is 4.13. The number of carbonyl (C=O) groups is 2. The van der Waals surface area contributed by atoms with Gasteiger partial charge in [-0.05, 0) is 74.4 Å². The first-order valence-electron chi connectivity index (χ1n) is 11.0. The summed E-state index contributed by atoms with van der Waals surface area (Å²) in [5, 5.41) is 3.04. The molecule has 1 heterocycles. The van der Waals surface area contributed by atoms with E-state index in [4.69, 9.17) is 14.2 Å². The van der Waals surface area contributed by atoms with Crippen molar-refractivity contribution in [3.8, 4) is 5.75 Å². The molecule has 2 aromatic carbocycles. The second-order valence-electron chi connectivity index (χ2n) is 8.17. The van der Waals surface area contributed by atoms with Gasteiger partial charge in [0.15, 0.2) is 6.10 Å². The minimum absolute atomic E-state index is 0.0427. The molecule has 1 aliphatic heterocycles. The summed E-state index contributed by atoms with van der Waals surface area (Å²) in [6, 6.07) is 14.9. The molecule has 0 unspecified atom stereocenters. The van der Waals surface area contributed by atoms with Gasteiger partial charge in [-0.15, -0.1) is 0 Å². The first kappa shape index (κ1) is 21.4. The van der Waals surface area contributed by atoms with Gasteiger partial charge in [-0.3, -0.25) is 4.79 Å². The smallest absolute Gasteiger partial charge is 0.338 e. The third-order valence-electron chi connectivity index (χ3n) is 5.89. The molecule has 3 atom stereocenters. The van der Waals surface area contributed by atoms with E-state index in [0.717, 1.165) is 44.3 Å². The number of ether oxygens (including phenoxy) is 3. The molecule has 31 heavy (non-hydrogen) atoms. The monoisotopic (exact) mass is 423 g/mol. The summed E-state index contributed by atoms with van der Waals surface area (Å²) >= 11 is 0. The van der Waals surface area contributed by atoms with E-state index in [2.05, 4.69) is 17.4 Å². The lowest BCUT2D eigenvalue weighted by Gasteiger charge is -2.27. The second-order valence-corrected chi connectivity index (χ2v) is 8.17. The lowest BCUT2D eigenvalue weighted by Crippen LogP contribution is -2.39. The Bertz CT molecular complexity index is 904. The van der Waals surface area contributed by atoms with Crippen LogP contribution < -0.4 is 10.1 Å². The van der Waals surface area contributed by atoms with E-state index in [1.807, 2.05) is 12.1 Å². The van der Waals surface area contributed by atoms with Crippen LogP contribution in [0.4, 0.5) is 0 Å². The maximum atomic E-state index is 12.6. The first-order chi connectivity index (χ1) is 15.1. The van der Waals surface area contributed by atoms with Gasteiger partial charge in [0.05, 0.1) is 17.7 Å². The lowest BCUT2D eigenvalue weighted by molar-refractivity contribution is -0.130. The molecule has 2 aliphatic rings. The van der Waals surface area contributed by atoms with Crippen molar-refractivity contribution >= 4 is 11.9 Å². The quantitative estimate of drug-likeness (QED) is 0.682. The summed E-state index contributed by atoms with van der Waals surface area (Å²) in [5.41, 5.74) is 2.80. The summed E-state index contributed by atoms with van der Waals surface area (Å²) in [6.07, 6.45) is 4.28. The predicted molar refractivity (Wildman–Crippen MR) is 116 cm³/mol. The van der Waals surface area contributed by atoms with E-state index in [1.54, 1.807) is 31.2 Å². The Morgan fingerprint density at radius 1 is 1.10 bits per heavy atom. The standard InChI is InChI=1S/C25H29NO5/c1-17(24(27)26-23-10-4-7-18-6-2-3-9-22(18)23)31-25(28)19-11-13-20(14-12-19)30-16-21-8-5-15-29-21/h2-3,6,9,11-14,17,21,23H,4-5,7-8,10,15-16H2,1H3,(H,26,27)/t17-,21-,23+/m0/s1. The molecule has 1 N–H and O–H groups in total. The molecule has 4 rings (SSSR count). The fraction of sp³-hybridized carbons (Fsp3) is 0.440. The Morgan fingerprint density at radius 2 is 1.90 bits per heavy atom.